The summed E-state index contributed by atoms with van der Waals surface area (Å²) in [4.78, 5) is 17.7. The Bertz CT molecular complexity index is 1050. The molecule has 1 N–H and O–H groups in total. The van der Waals surface area contributed by atoms with Crippen LogP contribution in [0.5, 0.6) is 0 Å². The first-order valence-corrected chi connectivity index (χ1v) is 11.0. The van der Waals surface area contributed by atoms with Crippen molar-refractivity contribution < 1.29 is 9.18 Å². The van der Waals surface area contributed by atoms with Gasteiger partial charge in [0.2, 0.25) is 0 Å². The summed E-state index contributed by atoms with van der Waals surface area (Å²) in [5.41, 5.74) is 4.01. The van der Waals surface area contributed by atoms with E-state index in [0.29, 0.717) is 0 Å². The maximum absolute atomic E-state index is 13.3. The minimum absolute atomic E-state index is 0.109. The first-order valence-electron chi connectivity index (χ1n) is 11.0. The van der Waals surface area contributed by atoms with Gasteiger partial charge < -0.3 is 4.90 Å². The predicted molar refractivity (Wildman–Crippen MR) is 118 cm³/mol. The molecular formula is C25H27FN4O. The summed E-state index contributed by atoms with van der Waals surface area (Å²) >= 11 is 0. The maximum Gasteiger partial charge on any atom is 0.253 e. The maximum atomic E-state index is 13.3. The van der Waals surface area contributed by atoms with Gasteiger partial charge in [0, 0.05) is 48.9 Å². The van der Waals surface area contributed by atoms with E-state index in [2.05, 4.69) is 15.1 Å². The smallest absolute Gasteiger partial charge is 0.253 e. The SMILES string of the molecule is O=C(c1cccc(-c2cn[nH]c2)c1)N1CC[C@@]2(CCCN(Cc3ccc(F)cc3)C2)C1. The molecule has 1 spiro atoms. The molecule has 0 saturated carbocycles. The first kappa shape index (κ1) is 19.9. The van der Waals surface area contributed by atoms with Crippen LogP contribution in [-0.2, 0) is 6.54 Å². The summed E-state index contributed by atoms with van der Waals surface area (Å²) in [5, 5.41) is 6.83. The number of carbonyl (C=O) groups is 1. The minimum atomic E-state index is -0.194. The predicted octanol–water partition coefficient (Wildman–Crippen LogP) is 4.34. The van der Waals surface area contributed by atoms with Gasteiger partial charge in [-0.3, -0.25) is 14.8 Å². The summed E-state index contributed by atoms with van der Waals surface area (Å²) in [6.45, 7) is 4.49. The summed E-state index contributed by atoms with van der Waals surface area (Å²) in [6.07, 6.45) is 6.95. The standard InChI is InChI=1S/C25H27FN4O/c26-23-7-5-19(6-8-23)16-29-11-2-9-25(17-29)10-12-30(18-25)24(31)21-4-1-3-20(13-21)22-14-27-28-15-22/h1,3-8,13-15H,2,9-12,16-18H2,(H,27,28)/t25-/m1/s1. The fourth-order valence-corrected chi connectivity index (χ4v) is 5.16. The van der Waals surface area contributed by atoms with Gasteiger partial charge in [0.25, 0.3) is 5.91 Å². The number of hydrogen-bond donors (Lipinski definition) is 1. The second-order valence-corrected chi connectivity index (χ2v) is 8.99. The number of nitrogens with one attached hydrogen (secondary N) is 1. The van der Waals surface area contributed by atoms with Gasteiger partial charge in [0.1, 0.15) is 5.82 Å². The number of aromatic amines is 1. The number of likely N-dealkylation sites (tertiary alicyclic amines) is 2. The molecule has 2 aliphatic rings. The number of aromatic nitrogens is 2. The van der Waals surface area contributed by atoms with Crippen molar-refractivity contribution in [3.05, 3.63) is 77.9 Å². The number of halogens is 1. The van der Waals surface area contributed by atoms with Crippen molar-refractivity contribution in [2.24, 2.45) is 5.41 Å². The number of nitrogens with zero attached hydrogens (tertiary/aromatic N) is 3. The lowest BCUT2D eigenvalue weighted by atomic mass is 9.79. The normalized spacial score (nSPS) is 21.6. The van der Waals surface area contributed by atoms with Crippen LogP contribution in [0.25, 0.3) is 11.1 Å². The molecule has 1 aromatic heterocycles. The summed E-state index contributed by atoms with van der Waals surface area (Å²) in [6, 6.07) is 14.6. The van der Waals surface area contributed by atoms with E-state index in [1.165, 1.54) is 12.1 Å². The van der Waals surface area contributed by atoms with Gasteiger partial charge >= 0.3 is 0 Å². The lowest BCUT2D eigenvalue weighted by molar-refractivity contribution is 0.0675. The van der Waals surface area contributed by atoms with E-state index in [1.54, 1.807) is 6.20 Å². The molecule has 5 rings (SSSR count). The number of hydrogen-bond acceptors (Lipinski definition) is 3. The number of H-pyrrole nitrogens is 1. The highest BCUT2D eigenvalue weighted by molar-refractivity contribution is 5.95. The molecule has 2 saturated heterocycles. The monoisotopic (exact) mass is 418 g/mol. The van der Waals surface area contributed by atoms with Gasteiger partial charge in [-0.1, -0.05) is 24.3 Å². The van der Waals surface area contributed by atoms with Crippen LogP contribution in [0, 0.1) is 11.2 Å². The molecule has 1 atom stereocenters. The van der Waals surface area contributed by atoms with E-state index in [9.17, 15) is 9.18 Å². The van der Waals surface area contributed by atoms with Gasteiger partial charge in [-0.15, -0.1) is 0 Å². The highest BCUT2D eigenvalue weighted by Crippen LogP contribution is 2.40. The molecule has 5 nitrogen and oxygen atoms in total. The molecule has 6 heteroatoms. The zero-order valence-electron chi connectivity index (χ0n) is 17.6. The Morgan fingerprint density at radius 1 is 1.06 bits per heavy atom. The van der Waals surface area contributed by atoms with Crippen LogP contribution in [0.1, 0.15) is 35.2 Å². The van der Waals surface area contributed by atoms with E-state index >= 15 is 0 Å². The zero-order chi connectivity index (χ0) is 21.3. The minimum Gasteiger partial charge on any atom is -0.338 e. The van der Waals surface area contributed by atoms with E-state index in [0.717, 1.165) is 74.2 Å². The van der Waals surface area contributed by atoms with Crippen molar-refractivity contribution in [1.82, 2.24) is 20.0 Å². The van der Waals surface area contributed by atoms with E-state index < -0.39 is 0 Å². The van der Waals surface area contributed by atoms with E-state index in [1.807, 2.05) is 47.5 Å². The van der Waals surface area contributed by atoms with Gasteiger partial charge in [-0.2, -0.15) is 5.10 Å². The molecule has 31 heavy (non-hydrogen) atoms. The van der Waals surface area contributed by atoms with Crippen molar-refractivity contribution in [1.29, 1.82) is 0 Å². The molecule has 0 aliphatic carbocycles. The summed E-state index contributed by atoms with van der Waals surface area (Å²) in [5.74, 6) is -0.0847. The lowest BCUT2D eigenvalue weighted by Gasteiger charge is -2.40. The number of rotatable bonds is 4. The Hall–Kier alpha value is -2.99. The van der Waals surface area contributed by atoms with Crippen LogP contribution >= 0.6 is 0 Å². The van der Waals surface area contributed by atoms with E-state index in [4.69, 9.17) is 0 Å². The molecule has 3 aromatic rings. The van der Waals surface area contributed by atoms with Crippen LogP contribution in [0.3, 0.4) is 0 Å². The number of carbonyl (C=O) groups excluding carboxylic acids is 1. The van der Waals surface area contributed by atoms with Crippen LogP contribution < -0.4 is 0 Å². The van der Waals surface area contributed by atoms with Crippen molar-refractivity contribution in [3.63, 3.8) is 0 Å². The molecule has 0 unspecified atom stereocenters. The van der Waals surface area contributed by atoms with Crippen LogP contribution in [-0.4, -0.2) is 52.1 Å². The molecular weight excluding hydrogens is 391 g/mol. The van der Waals surface area contributed by atoms with Crippen LogP contribution in [0.2, 0.25) is 0 Å². The molecule has 0 bridgehead atoms. The molecule has 0 radical (unpaired) electrons. The lowest BCUT2D eigenvalue weighted by Crippen LogP contribution is -2.45. The quantitative estimate of drug-likeness (QED) is 0.686. The third-order valence-corrected chi connectivity index (χ3v) is 6.73. The molecule has 2 aliphatic heterocycles. The van der Waals surface area contributed by atoms with Crippen molar-refractivity contribution in [2.75, 3.05) is 26.2 Å². The van der Waals surface area contributed by atoms with Crippen LogP contribution in [0.4, 0.5) is 4.39 Å². The molecule has 1 amide bonds. The summed E-state index contributed by atoms with van der Waals surface area (Å²) < 4.78 is 13.2. The Balaban J connectivity index is 1.26. The van der Waals surface area contributed by atoms with Gasteiger partial charge in [0.05, 0.1) is 6.20 Å². The average molecular weight is 419 g/mol. The van der Waals surface area contributed by atoms with Crippen molar-refractivity contribution >= 4 is 5.91 Å². The fourth-order valence-electron chi connectivity index (χ4n) is 5.16. The molecule has 3 heterocycles. The average Bonchev–Trinajstić information content (AvgIpc) is 3.46. The molecule has 2 fully saturated rings. The van der Waals surface area contributed by atoms with Crippen molar-refractivity contribution in [2.45, 2.75) is 25.8 Å². The first-order chi connectivity index (χ1) is 15.1. The molecule has 160 valence electrons. The van der Waals surface area contributed by atoms with Crippen molar-refractivity contribution in [3.8, 4) is 11.1 Å². The second-order valence-electron chi connectivity index (χ2n) is 8.99. The topological polar surface area (TPSA) is 52.2 Å². The Labute approximate surface area is 181 Å². The molecule has 2 aromatic carbocycles. The third kappa shape index (κ3) is 4.26. The fraction of sp³-hybridized carbons (Fsp3) is 0.360. The van der Waals surface area contributed by atoms with Gasteiger partial charge in [-0.05, 0) is 61.2 Å². The van der Waals surface area contributed by atoms with Crippen LogP contribution in [0.15, 0.2) is 60.9 Å². The number of benzene rings is 2. The largest absolute Gasteiger partial charge is 0.338 e. The number of piperidine rings is 1. The third-order valence-electron chi connectivity index (χ3n) is 6.73. The second kappa shape index (κ2) is 8.27. The van der Waals surface area contributed by atoms with Gasteiger partial charge in [-0.25, -0.2) is 4.39 Å². The van der Waals surface area contributed by atoms with Gasteiger partial charge in [0.15, 0.2) is 0 Å². The Morgan fingerprint density at radius 2 is 1.94 bits per heavy atom. The summed E-state index contributed by atoms with van der Waals surface area (Å²) in [7, 11) is 0. The van der Waals surface area contributed by atoms with E-state index in [-0.39, 0.29) is 17.1 Å². The Morgan fingerprint density at radius 3 is 2.74 bits per heavy atom. The highest BCUT2D eigenvalue weighted by Gasteiger charge is 2.42. The number of amides is 1. The highest BCUT2D eigenvalue weighted by atomic mass is 19.1. The zero-order valence-corrected chi connectivity index (χ0v) is 17.6. The Kier molecular flexibility index (Phi) is 5.32.